The van der Waals surface area contributed by atoms with Crippen molar-refractivity contribution >= 4 is 15.7 Å². The zero-order valence-corrected chi connectivity index (χ0v) is 17.9. The van der Waals surface area contributed by atoms with E-state index in [9.17, 15) is 8.42 Å². The van der Waals surface area contributed by atoms with Gasteiger partial charge in [0, 0.05) is 25.6 Å². The molecule has 0 atom stereocenters. The van der Waals surface area contributed by atoms with Gasteiger partial charge in [-0.1, -0.05) is 31.5 Å². The summed E-state index contributed by atoms with van der Waals surface area (Å²) in [6.07, 6.45) is 0. The predicted octanol–water partition coefficient (Wildman–Crippen LogP) is 3.75. The second-order valence-corrected chi connectivity index (χ2v) is 9.89. The van der Waals surface area contributed by atoms with Crippen LogP contribution in [0.4, 0.5) is 5.69 Å². The SMILES string of the molecule is Cc1ccc(N(CC(C)C)S(=O)(=O)c2ccc(OCC3CNC3)cc2)c(C)c1. The van der Waals surface area contributed by atoms with Crippen LogP contribution in [-0.2, 0) is 10.0 Å². The van der Waals surface area contributed by atoms with Crippen LogP contribution < -0.4 is 14.4 Å². The van der Waals surface area contributed by atoms with Gasteiger partial charge in [-0.25, -0.2) is 8.42 Å². The van der Waals surface area contributed by atoms with Gasteiger partial charge in [0.1, 0.15) is 5.75 Å². The summed E-state index contributed by atoms with van der Waals surface area (Å²) >= 11 is 0. The number of hydrogen-bond donors (Lipinski definition) is 1. The molecular weight excluding hydrogens is 372 g/mol. The fraction of sp³-hybridized carbons (Fsp3) is 0.455. The van der Waals surface area contributed by atoms with E-state index in [4.69, 9.17) is 4.74 Å². The molecule has 0 saturated carbocycles. The molecular formula is C22H30N2O3S. The molecule has 1 fully saturated rings. The molecule has 1 heterocycles. The van der Waals surface area contributed by atoms with Gasteiger partial charge in [0.2, 0.25) is 0 Å². The number of rotatable bonds is 8. The molecule has 5 nitrogen and oxygen atoms in total. The highest BCUT2D eigenvalue weighted by atomic mass is 32.2. The second-order valence-electron chi connectivity index (χ2n) is 8.03. The summed E-state index contributed by atoms with van der Waals surface area (Å²) in [5.41, 5.74) is 2.81. The molecule has 152 valence electrons. The molecule has 6 heteroatoms. The molecule has 28 heavy (non-hydrogen) atoms. The number of hydrogen-bond acceptors (Lipinski definition) is 4. The summed E-state index contributed by atoms with van der Waals surface area (Å²) < 4.78 is 34.1. The van der Waals surface area contributed by atoms with Gasteiger partial charge in [0.15, 0.2) is 0 Å². The maximum Gasteiger partial charge on any atom is 0.264 e. The van der Waals surface area contributed by atoms with Crippen LogP contribution in [0.15, 0.2) is 47.4 Å². The number of sulfonamides is 1. The van der Waals surface area contributed by atoms with Gasteiger partial charge in [0.25, 0.3) is 10.0 Å². The number of nitrogens with zero attached hydrogens (tertiary/aromatic N) is 1. The third kappa shape index (κ3) is 4.67. The van der Waals surface area contributed by atoms with Crippen molar-refractivity contribution in [1.82, 2.24) is 5.32 Å². The first-order chi connectivity index (χ1) is 13.3. The van der Waals surface area contributed by atoms with Crippen LogP contribution in [0.2, 0.25) is 0 Å². The Hall–Kier alpha value is -2.05. The molecule has 2 aromatic rings. The second kappa shape index (κ2) is 8.53. The lowest BCUT2D eigenvalue weighted by atomic mass is 10.1. The van der Waals surface area contributed by atoms with Crippen molar-refractivity contribution in [1.29, 1.82) is 0 Å². The summed E-state index contributed by atoms with van der Waals surface area (Å²) in [6.45, 7) is 11.1. The Morgan fingerprint density at radius 1 is 1.11 bits per heavy atom. The summed E-state index contributed by atoms with van der Waals surface area (Å²) in [6, 6.07) is 12.6. The molecule has 0 aromatic heterocycles. The van der Waals surface area contributed by atoms with Crippen LogP contribution in [0.3, 0.4) is 0 Å². The lowest BCUT2D eigenvalue weighted by Crippen LogP contribution is -2.45. The summed E-state index contributed by atoms with van der Waals surface area (Å²) in [7, 11) is -3.66. The quantitative estimate of drug-likeness (QED) is 0.731. The molecule has 0 aliphatic carbocycles. The molecule has 3 rings (SSSR count). The molecule has 1 N–H and O–H groups in total. The van der Waals surface area contributed by atoms with Crippen molar-refractivity contribution < 1.29 is 13.2 Å². The van der Waals surface area contributed by atoms with Crippen LogP contribution in [0, 0.1) is 25.7 Å². The molecule has 1 aliphatic rings. The third-order valence-corrected chi connectivity index (χ3v) is 6.71. The normalized spacial score (nSPS) is 14.8. The zero-order chi connectivity index (χ0) is 20.3. The average molecular weight is 403 g/mol. The van der Waals surface area contributed by atoms with E-state index in [1.54, 1.807) is 24.3 Å². The molecule has 0 radical (unpaired) electrons. The first-order valence-electron chi connectivity index (χ1n) is 9.81. The van der Waals surface area contributed by atoms with E-state index in [0.717, 1.165) is 29.9 Å². The van der Waals surface area contributed by atoms with E-state index in [2.05, 4.69) is 5.32 Å². The first-order valence-corrected chi connectivity index (χ1v) is 11.2. The van der Waals surface area contributed by atoms with Crippen molar-refractivity contribution in [3.63, 3.8) is 0 Å². The predicted molar refractivity (Wildman–Crippen MR) is 114 cm³/mol. The van der Waals surface area contributed by atoms with E-state index in [1.807, 2.05) is 45.9 Å². The molecule has 1 saturated heterocycles. The van der Waals surface area contributed by atoms with Gasteiger partial charge in [-0.15, -0.1) is 0 Å². The fourth-order valence-corrected chi connectivity index (χ4v) is 4.95. The smallest absolute Gasteiger partial charge is 0.264 e. The topological polar surface area (TPSA) is 58.6 Å². The standard InChI is InChI=1S/C22H30N2O3S/c1-16(2)14-24(22-10-5-17(3)11-18(22)4)28(25,26)21-8-6-20(7-9-21)27-15-19-12-23-13-19/h5-11,16,19,23H,12-15H2,1-4H3. The highest BCUT2D eigenvalue weighted by Gasteiger charge is 2.27. The van der Waals surface area contributed by atoms with Crippen molar-refractivity contribution in [3.8, 4) is 5.75 Å². The summed E-state index contributed by atoms with van der Waals surface area (Å²) in [5.74, 6) is 1.44. The van der Waals surface area contributed by atoms with Crippen molar-refractivity contribution in [2.75, 3.05) is 30.5 Å². The van der Waals surface area contributed by atoms with Crippen LogP contribution in [0.25, 0.3) is 0 Å². The summed E-state index contributed by atoms with van der Waals surface area (Å²) in [5, 5.41) is 3.21. The Bertz CT molecular complexity index is 904. The van der Waals surface area contributed by atoms with Crippen molar-refractivity contribution in [2.45, 2.75) is 32.6 Å². The number of nitrogens with one attached hydrogen (secondary N) is 1. The molecule has 0 spiro atoms. The van der Waals surface area contributed by atoms with Crippen LogP contribution in [0.1, 0.15) is 25.0 Å². The van der Waals surface area contributed by atoms with Gasteiger partial charge in [-0.3, -0.25) is 4.31 Å². The minimum absolute atomic E-state index is 0.203. The number of benzene rings is 2. The number of anilines is 1. The van der Waals surface area contributed by atoms with E-state index >= 15 is 0 Å². The van der Waals surface area contributed by atoms with Crippen LogP contribution in [0.5, 0.6) is 5.75 Å². The van der Waals surface area contributed by atoms with E-state index in [0.29, 0.717) is 24.8 Å². The van der Waals surface area contributed by atoms with Crippen LogP contribution in [-0.4, -0.2) is 34.7 Å². The molecule has 0 unspecified atom stereocenters. The largest absolute Gasteiger partial charge is 0.493 e. The Morgan fingerprint density at radius 3 is 2.32 bits per heavy atom. The van der Waals surface area contributed by atoms with Gasteiger partial charge in [-0.2, -0.15) is 0 Å². The van der Waals surface area contributed by atoms with Gasteiger partial charge >= 0.3 is 0 Å². The number of aryl methyl sites for hydroxylation is 2. The fourth-order valence-electron chi connectivity index (χ4n) is 3.26. The van der Waals surface area contributed by atoms with Crippen LogP contribution >= 0.6 is 0 Å². The van der Waals surface area contributed by atoms with E-state index in [1.165, 1.54) is 4.31 Å². The Labute approximate surface area is 168 Å². The number of ether oxygens (including phenoxy) is 1. The molecule has 0 bridgehead atoms. The third-order valence-electron chi connectivity index (χ3n) is 4.92. The molecule has 2 aromatic carbocycles. The maximum atomic E-state index is 13.4. The molecule has 0 amide bonds. The van der Waals surface area contributed by atoms with Gasteiger partial charge < -0.3 is 10.1 Å². The van der Waals surface area contributed by atoms with Gasteiger partial charge in [0.05, 0.1) is 17.2 Å². The maximum absolute atomic E-state index is 13.4. The lowest BCUT2D eigenvalue weighted by molar-refractivity contribution is 0.199. The Kier molecular flexibility index (Phi) is 6.30. The average Bonchev–Trinajstić information content (AvgIpc) is 2.59. The summed E-state index contributed by atoms with van der Waals surface area (Å²) in [4.78, 5) is 0.283. The van der Waals surface area contributed by atoms with Crippen molar-refractivity contribution in [3.05, 3.63) is 53.6 Å². The monoisotopic (exact) mass is 402 g/mol. The highest BCUT2D eigenvalue weighted by molar-refractivity contribution is 7.92. The van der Waals surface area contributed by atoms with E-state index in [-0.39, 0.29) is 10.8 Å². The Morgan fingerprint density at radius 2 is 1.79 bits per heavy atom. The van der Waals surface area contributed by atoms with E-state index < -0.39 is 10.0 Å². The minimum Gasteiger partial charge on any atom is -0.493 e. The highest BCUT2D eigenvalue weighted by Crippen LogP contribution is 2.29. The first kappa shape index (κ1) is 20.7. The molecule has 1 aliphatic heterocycles. The lowest BCUT2D eigenvalue weighted by Gasteiger charge is -2.28. The Balaban J connectivity index is 1.85. The minimum atomic E-state index is -3.66. The van der Waals surface area contributed by atoms with Crippen molar-refractivity contribution in [2.24, 2.45) is 11.8 Å². The van der Waals surface area contributed by atoms with Gasteiger partial charge in [-0.05, 0) is 55.7 Å². The zero-order valence-electron chi connectivity index (χ0n) is 17.1.